The van der Waals surface area contributed by atoms with E-state index < -0.39 is 5.97 Å². The Morgan fingerprint density at radius 3 is 2.18 bits per heavy atom. The first-order valence-corrected chi connectivity index (χ1v) is 12.3. The maximum absolute atomic E-state index is 12.5. The van der Waals surface area contributed by atoms with Crippen LogP contribution in [0.1, 0.15) is 99.3 Å². The van der Waals surface area contributed by atoms with E-state index in [4.69, 9.17) is 9.47 Å². The van der Waals surface area contributed by atoms with Crippen molar-refractivity contribution < 1.29 is 24.2 Å². The Bertz CT molecular complexity index is 872. The second kappa shape index (κ2) is 14.4. The SMILES string of the molecule is CCCCCCOc1ccc(C(=O)O)c(-c2ccc(C(=O)O[C@@H](C)CCCCCC)cc2)c1. The summed E-state index contributed by atoms with van der Waals surface area (Å²) in [5.74, 6) is -0.709. The molecule has 5 nitrogen and oxygen atoms in total. The average molecular weight is 455 g/mol. The van der Waals surface area contributed by atoms with Gasteiger partial charge in [-0.25, -0.2) is 9.59 Å². The number of hydrogen-bond acceptors (Lipinski definition) is 4. The first-order chi connectivity index (χ1) is 16.0. The zero-order valence-electron chi connectivity index (χ0n) is 20.3. The molecule has 0 saturated carbocycles. The van der Waals surface area contributed by atoms with E-state index in [1.807, 2.05) is 6.92 Å². The van der Waals surface area contributed by atoms with Gasteiger partial charge < -0.3 is 14.6 Å². The molecule has 2 aromatic carbocycles. The van der Waals surface area contributed by atoms with Gasteiger partial charge in [-0.3, -0.25) is 0 Å². The van der Waals surface area contributed by atoms with Gasteiger partial charge in [0.05, 0.1) is 23.8 Å². The van der Waals surface area contributed by atoms with Crippen molar-refractivity contribution >= 4 is 11.9 Å². The Morgan fingerprint density at radius 2 is 1.55 bits per heavy atom. The molecule has 0 amide bonds. The van der Waals surface area contributed by atoms with Crippen molar-refractivity contribution in [1.82, 2.24) is 0 Å². The molecule has 33 heavy (non-hydrogen) atoms. The van der Waals surface area contributed by atoms with E-state index in [-0.39, 0.29) is 17.6 Å². The van der Waals surface area contributed by atoms with E-state index in [2.05, 4.69) is 13.8 Å². The zero-order chi connectivity index (χ0) is 24.1. The molecule has 2 aromatic rings. The molecule has 2 rings (SSSR count). The lowest BCUT2D eigenvalue weighted by molar-refractivity contribution is 0.0319. The molecule has 0 unspecified atom stereocenters. The third-order valence-electron chi connectivity index (χ3n) is 5.69. The number of carbonyl (C=O) groups is 2. The Kier molecular flexibility index (Phi) is 11.5. The number of esters is 1. The maximum Gasteiger partial charge on any atom is 0.338 e. The van der Waals surface area contributed by atoms with E-state index in [0.717, 1.165) is 32.1 Å². The lowest BCUT2D eigenvalue weighted by atomic mass is 9.98. The number of carbonyl (C=O) groups excluding carboxylic acids is 1. The van der Waals surface area contributed by atoms with Crippen LogP contribution in [-0.4, -0.2) is 29.8 Å². The largest absolute Gasteiger partial charge is 0.494 e. The van der Waals surface area contributed by atoms with Crippen molar-refractivity contribution in [3.05, 3.63) is 53.6 Å². The summed E-state index contributed by atoms with van der Waals surface area (Å²) in [6, 6.07) is 11.9. The minimum atomic E-state index is -1.00. The molecule has 0 heterocycles. The molecule has 0 aliphatic carbocycles. The predicted molar refractivity (Wildman–Crippen MR) is 132 cm³/mol. The highest BCUT2D eigenvalue weighted by molar-refractivity contribution is 5.97. The van der Waals surface area contributed by atoms with Crippen molar-refractivity contribution in [2.24, 2.45) is 0 Å². The monoisotopic (exact) mass is 454 g/mol. The smallest absolute Gasteiger partial charge is 0.338 e. The molecule has 1 atom stereocenters. The molecule has 0 bridgehead atoms. The molecule has 0 spiro atoms. The number of benzene rings is 2. The maximum atomic E-state index is 12.5. The van der Waals surface area contributed by atoms with Crippen LogP contribution in [0.15, 0.2) is 42.5 Å². The van der Waals surface area contributed by atoms with Gasteiger partial charge in [0, 0.05) is 0 Å². The summed E-state index contributed by atoms with van der Waals surface area (Å²) in [5.41, 5.74) is 1.94. The van der Waals surface area contributed by atoms with E-state index in [0.29, 0.717) is 29.0 Å². The van der Waals surface area contributed by atoms with Crippen LogP contribution >= 0.6 is 0 Å². The first-order valence-electron chi connectivity index (χ1n) is 12.3. The standard InChI is InChI=1S/C28H38O5/c1-4-6-8-10-12-21(3)33-28(31)23-15-13-22(14-16-23)26-20-24(17-18-25(26)27(29)30)32-19-11-9-7-5-2/h13-18,20-21H,4-12,19H2,1-3H3,(H,29,30)/t21-/m0/s1. The van der Waals surface area contributed by atoms with Crippen LogP contribution in [0.25, 0.3) is 11.1 Å². The number of rotatable bonds is 15. The van der Waals surface area contributed by atoms with Crippen LogP contribution in [0, 0.1) is 0 Å². The molecule has 0 aliphatic rings. The van der Waals surface area contributed by atoms with Crippen LogP contribution in [0.2, 0.25) is 0 Å². The van der Waals surface area contributed by atoms with Crippen molar-refractivity contribution in [3.8, 4) is 16.9 Å². The summed E-state index contributed by atoms with van der Waals surface area (Å²) in [6.07, 6.45) is 9.75. The van der Waals surface area contributed by atoms with Crippen LogP contribution < -0.4 is 4.74 Å². The zero-order valence-corrected chi connectivity index (χ0v) is 20.3. The Labute approximate surface area is 198 Å². The van der Waals surface area contributed by atoms with Crippen molar-refractivity contribution in [2.75, 3.05) is 6.61 Å². The van der Waals surface area contributed by atoms with Crippen molar-refractivity contribution in [1.29, 1.82) is 0 Å². The van der Waals surface area contributed by atoms with Crippen LogP contribution in [-0.2, 0) is 4.74 Å². The van der Waals surface area contributed by atoms with Gasteiger partial charge >= 0.3 is 11.9 Å². The third kappa shape index (κ3) is 8.91. The summed E-state index contributed by atoms with van der Waals surface area (Å²) >= 11 is 0. The Hall–Kier alpha value is -2.82. The summed E-state index contributed by atoms with van der Waals surface area (Å²) < 4.78 is 11.4. The molecule has 0 aromatic heterocycles. The van der Waals surface area contributed by atoms with Crippen LogP contribution in [0.4, 0.5) is 0 Å². The molecular weight excluding hydrogens is 416 g/mol. The van der Waals surface area contributed by atoms with Gasteiger partial charge in [-0.15, -0.1) is 0 Å². The summed E-state index contributed by atoms with van der Waals surface area (Å²) in [6.45, 7) is 6.86. The average Bonchev–Trinajstić information content (AvgIpc) is 2.81. The highest BCUT2D eigenvalue weighted by atomic mass is 16.5. The number of carboxylic acids is 1. The van der Waals surface area contributed by atoms with Crippen molar-refractivity contribution in [2.45, 2.75) is 84.7 Å². The lowest BCUT2D eigenvalue weighted by Gasteiger charge is -2.14. The van der Waals surface area contributed by atoms with Gasteiger partial charge in [0.15, 0.2) is 0 Å². The minimum Gasteiger partial charge on any atom is -0.494 e. The molecule has 180 valence electrons. The summed E-state index contributed by atoms with van der Waals surface area (Å²) in [4.78, 5) is 24.2. The number of ether oxygens (including phenoxy) is 2. The van der Waals surface area contributed by atoms with E-state index >= 15 is 0 Å². The van der Waals surface area contributed by atoms with Gasteiger partial charge in [0.25, 0.3) is 0 Å². The Morgan fingerprint density at radius 1 is 0.879 bits per heavy atom. The van der Waals surface area contributed by atoms with E-state index in [1.54, 1.807) is 42.5 Å². The first kappa shape index (κ1) is 26.4. The molecular formula is C28H38O5. The van der Waals surface area contributed by atoms with Gasteiger partial charge in [0.2, 0.25) is 0 Å². The second-order valence-corrected chi connectivity index (χ2v) is 8.56. The van der Waals surface area contributed by atoms with Gasteiger partial charge in [-0.2, -0.15) is 0 Å². The molecule has 0 fully saturated rings. The van der Waals surface area contributed by atoms with Crippen LogP contribution in [0.5, 0.6) is 5.75 Å². The van der Waals surface area contributed by atoms with Crippen molar-refractivity contribution in [3.63, 3.8) is 0 Å². The lowest BCUT2D eigenvalue weighted by Crippen LogP contribution is -2.15. The molecule has 1 N–H and O–H groups in total. The minimum absolute atomic E-state index is 0.126. The quantitative estimate of drug-likeness (QED) is 0.222. The van der Waals surface area contributed by atoms with Gasteiger partial charge in [-0.1, -0.05) is 64.5 Å². The number of carboxylic acid groups (broad SMARTS) is 1. The fraction of sp³-hybridized carbons (Fsp3) is 0.500. The number of hydrogen-bond donors (Lipinski definition) is 1. The molecule has 0 radical (unpaired) electrons. The fourth-order valence-electron chi connectivity index (χ4n) is 3.71. The highest BCUT2D eigenvalue weighted by Crippen LogP contribution is 2.29. The fourth-order valence-corrected chi connectivity index (χ4v) is 3.71. The van der Waals surface area contributed by atoms with E-state index in [1.165, 1.54) is 25.7 Å². The third-order valence-corrected chi connectivity index (χ3v) is 5.69. The predicted octanol–water partition coefficient (Wildman–Crippen LogP) is 7.53. The summed E-state index contributed by atoms with van der Waals surface area (Å²) in [5, 5.41) is 9.62. The number of aromatic carboxylic acids is 1. The second-order valence-electron chi connectivity index (χ2n) is 8.56. The summed E-state index contributed by atoms with van der Waals surface area (Å²) in [7, 11) is 0. The number of unbranched alkanes of at least 4 members (excludes halogenated alkanes) is 6. The topological polar surface area (TPSA) is 72.8 Å². The molecule has 5 heteroatoms. The molecule has 0 aliphatic heterocycles. The Balaban J connectivity index is 2.06. The van der Waals surface area contributed by atoms with Gasteiger partial charge in [0.1, 0.15) is 5.75 Å². The van der Waals surface area contributed by atoms with Gasteiger partial charge in [-0.05, 0) is 67.6 Å². The normalized spacial score (nSPS) is 11.7. The highest BCUT2D eigenvalue weighted by Gasteiger charge is 2.16. The molecule has 0 saturated heterocycles. The van der Waals surface area contributed by atoms with Crippen LogP contribution in [0.3, 0.4) is 0 Å². The van der Waals surface area contributed by atoms with E-state index in [9.17, 15) is 14.7 Å².